The number of likely N-dealkylation sites (tertiary alicyclic amines) is 1. The van der Waals surface area contributed by atoms with Gasteiger partial charge >= 0.3 is 0 Å². The summed E-state index contributed by atoms with van der Waals surface area (Å²) in [7, 11) is 0. The number of carbonyl (C=O) groups is 1. The van der Waals surface area contributed by atoms with Gasteiger partial charge in [-0.2, -0.15) is 0 Å². The van der Waals surface area contributed by atoms with Crippen molar-refractivity contribution in [1.82, 2.24) is 4.90 Å². The lowest BCUT2D eigenvalue weighted by Gasteiger charge is -2.21. The van der Waals surface area contributed by atoms with Crippen LogP contribution >= 0.6 is 24.0 Å². The topological polar surface area (TPSA) is 50.8 Å². The van der Waals surface area contributed by atoms with Crippen molar-refractivity contribution >= 4 is 39.9 Å². The first kappa shape index (κ1) is 16.4. The molecular formula is C16H20N2O3S2. The fourth-order valence-electron chi connectivity index (χ4n) is 2.54. The molecular weight excluding hydrogens is 332 g/mol. The minimum atomic E-state index is -0.240. The molecule has 7 heteroatoms. The minimum Gasteiger partial charge on any atom is -0.486 e. The van der Waals surface area contributed by atoms with Crippen LogP contribution in [0.1, 0.15) is 19.8 Å². The predicted molar refractivity (Wildman–Crippen MR) is 96.5 cm³/mol. The van der Waals surface area contributed by atoms with Crippen LogP contribution in [-0.4, -0.2) is 46.7 Å². The molecule has 0 radical (unpaired) electrons. The zero-order chi connectivity index (χ0) is 16.2. The second kappa shape index (κ2) is 7.40. The van der Waals surface area contributed by atoms with Crippen LogP contribution in [0.25, 0.3) is 0 Å². The van der Waals surface area contributed by atoms with Gasteiger partial charge in [-0.05, 0) is 31.9 Å². The molecule has 0 unspecified atom stereocenters. The number of hydrogen-bond donors (Lipinski definition) is 1. The number of anilines is 1. The van der Waals surface area contributed by atoms with Crippen LogP contribution in [0, 0.1) is 0 Å². The average molecular weight is 352 g/mol. The Bertz CT molecular complexity index is 603. The van der Waals surface area contributed by atoms with Crippen LogP contribution in [-0.2, 0) is 4.79 Å². The summed E-state index contributed by atoms with van der Waals surface area (Å²) in [4.78, 5) is 14.5. The summed E-state index contributed by atoms with van der Waals surface area (Å²) >= 11 is 6.87. The fraction of sp³-hybridized carbons (Fsp3) is 0.500. The Morgan fingerprint density at radius 2 is 1.96 bits per heavy atom. The van der Waals surface area contributed by atoms with E-state index in [0.29, 0.717) is 30.4 Å². The maximum atomic E-state index is 12.3. The summed E-state index contributed by atoms with van der Waals surface area (Å²) in [6, 6.07) is 5.43. The van der Waals surface area contributed by atoms with Gasteiger partial charge in [0.25, 0.3) is 0 Å². The van der Waals surface area contributed by atoms with E-state index in [4.69, 9.17) is 21.7 Å². The van der Waals surface area contributed by atoms with Gasteiger partial charge < -0.3 is 19.7 Å². The lowest BCUT2D eigenvalue weighted by molar-refractivity contribution is -0.115. The number of nitrogens with zero attached hydrogens (tertiary/aromatic N) is 1. The van der Waals surface area contributed by atoms with E-state index in [1.54, 1.807) is 6.07 Å². The lowest BCUT2D eigenvalue weighted by Crippen LogP contribution is -2.29. The Morgan fingerprint density at radius 1 is 1.26 bits per heavy atom. The first-order valence-corrected chi connectivity index (χ1v) is 9.08. The van der Waals surface area contributed by atoms with E-state index in [0.717, 1.165) is 17.4 Å². The van der Waals surface area contributed by atoms with E-state index >= 15 is 0 Å². The van der Waals surface area contributed by atoms with Gasteiger partial charge in [-0.3, -0.25) is 4.79 Å². The Kier molecular flexibility index (Phi) is 5.27. The van der Waals surface area contributed by atoms with E-state index in [9.17, 15) is 4.79 Å². The molecule has 0 aromatic heterocycles. The number of rotatable bonds is 3. The number of thiocarbonyl (C=S) groups is 1. The Morgan fingerprint density at radius 3 is 2.70 bits per heavy atom. The molecule has 0 aliphatic carbocycles. The first-order valence-electron chi connectivity index (χ1n) is 7.79. The summed E-state index contributed by atoms with van der Waals surface area (Å²) in [5.41, 5.74) is 0.707. The highest BCUT2D eigenvalue weighted by Gasteiger charge is 2.22. The maximum Gasteiger partial charge on any atom is 0.237 e. The second-order valence-corrected chi connectivity index (χ2v) is 7.54. The van der Waals surface area contributed by atoms with Crippen molar-refractivity contribution in [1.29, 1.82) is 0 Å². The molecule has 1 amide bonds. The summed E-state index contributed by atoms with van der Waals surface area (Å²) in [5.74, 6) is 1.32. The maximum absolute atomic E-state index is 12.3. The number of nitrogens with one attached hydrogen (secondary N) is 1. The summed E-state index contributed by atoms with van der Waals surface area (Å²) in [5, 5.41) is 2.67. The van der Waals surface area contributed by atoms with Gasteiger partial charge in [0, 0.05) is 24.8 Å². The molecule has 0 saturated carbocycles. The number of hydrogen-bond acceptors (Lipinski definition) is 5. The van der Waals surface area contributed by atoms with Crippen LogP contribution in [0.5, 0.6) is 11.5 Å². The van der Waals surface area contributed by atoms with Gasteiger partial charge in [0.1, 0.15) is 17.5 Å². The zero-order valence-electron chi connectivity index (χ0n) is 13.0. The number of ether oxygens (including phenoxy) is 2. The van der Waals surface area contributed by atoms with Gasteiger partial charge in [0.15, 0.2) is 11.5 Å². The van der Waals surface area contributed by atoms with Crippen molar-refractivity contribution in [3.63, 3.8) is 0 Å². The van der Waals surface area contributed by atoms with Crippen molar-refractivity contribution in [2.75, 3.05) is 31.6 Å². The monoisotopic (exact) mass is 352 g/mol. The molecule has 1 N–H and O–H groups in total. The van der Waals surface area contributed by atoms with E-state index in [2.05, 4.69) is 10.2 Å². The highest BCUT2D eigenvalue weighted by atomic mass is 32.2. The van der Waals surface area contributed by atoms with Gasteiger partial charge in [0.05, 0.1) is 5.25 Å². The van der Waals surface area contributed by atoms with E-state index in [-0.39, 0.29) is 11.2 Å². The molecule has 2 heterocycles. The van der Waals surface area contributed by atoms with Crippen LogP contribution in [0.4, 0.5) is 5.69 Å². The third-order valence-corrected chi connectivity index (χ3v) is 5.40. The largest absolute Gasteiger partial charge is 0.486 e. The number of fused-ring (bicyclic) bond motifs is 1. The van der Waals surface area contributed by atoms with Crippen molar-refractivity contribution in [2.24, 2.45) is 0 Å². The molecule has 5 nitrogen and oxygen atoms in total. The molecule has 1 atom stereocenters. The molecule has 1 fully saturated rings. The van der Waals surface area contributed by atoms with Gasteiger partial charge in [-0.25, -0.2) is 0 Å². The predicted octanol–water partition coefficient (Wildman–Crippen LogP) is 2.90. The Balaban J connectivity index is 1.56. The molecule has 2 aliphatic rings. The van der Waals surface area contributed by atoms with E-state index < -0.39 is 0 Å². The molecule has 0 spiro atoms. The Hall–Kier alpha value is -1.47. The number of amides is 1. The zero-order valence-corrected chi connectivity index (χ0v) is 14.7. The smallest absolute Gasteiger partial charge is 0.237 e. The van der Waals surface area contributed by atoms with Crippen molar-refractivity contribution < 1.29 is 14.3 Å². The molecule has 1 saturated heterocycles. The second-order valence-electron chi connectivity index (χ2n) is 5.57. The van der Waals surface area contributed by atoms with Crippen LogP contribution in [0.15, 0.2) is 18.2 Å². The van der Waals surface area contributed by atoms with Crippen molar-refractivity contribution in [2.45, 2.75) is 25.0 Å². The van der Waals surface area contributed by atoms with Crippen LogP contribution < -0.4 is 14.8 Å². The third kappa shape index (κ3) is 4.09. The average Bonchev–Trinajstić information content (AvgIpc) is 3.09. The number of carbonyl (C=O) groups excluding carboxylic acids is 1. The molecule has 23 heavy (non-hydrogen) atoms. The third-order valence-electron chi connectivity index (χ3n) is 3.82. The Labute approximate surface area is 145 Å². The normalized spacial score (nSPS) is 17.7. The quantitative estimate of drug-likeness (QED) is 0.844. The molecule has 1 aromatic carbocycles. The number of thioether (sulfide) groups is 1. The highest BCUT2D eigenvalue weighted by Crippen LogP contribution is 2.32. The molecule has 3 rings (SSSR count). The van der Waals surface area contributed by atoms with E-state index in [1.165, 1.54) is 24.6 Å². The minimum absolute atomic E-state index is 0.0618. The highest BCUT2D eigenvalue weighted by molar-refractivity contribution is 8.23. The van der Waals surface area contributed by atoms with Gasteiger partial charge in [0.2, 0.25) is 5.91 Å². The van der Waals surface area contributed by atoms with Crippen molar-refractivity contribution in [3.05, 3.63) is 18.2 Å². The number of benzene rings is 1. The molecule has 0 bridgehead atoms. The van der Waals surface area contributed by atoms with Gasteiger partial charge in [-0.15, -0.1) is 0 Å². The first-order chi connectivity index (χ1) is 11.1. The van der Waals surface area contributed by atoms with Crippen LogP contribution in [0.2, 0.25) is 0 Å². The molecule has 2 aliphatic heterocycles. The van der Waals surface area contributed by atoms with Crippen LogP contribution in [0.3, 0.4) is 0 Å². The fourth-order valence-corrected chi connectivity index (χ4v) is 3.96. The standard InChI is InChI=1S/C16H20N2O3S2/c1-11(23-16(22)18-6-2-3-7-18)15(19)17-12-4-5-13-14(10-12)21-9-8-20-13/h4-5,10-11H,2-3,6-9H2,1H3,(H,17,19)/t11-/m1/s1. The SMILES string of the molecule is C[C@@H](SC(=S)N1CCCC1)C(=O)Nc1ccc2c(c1)OCCO2. The van der Waals surface area contributed by atoms with Crippen molar-refractivity contribution in [3.8, 4) is 11.5 Å². The molecule has 1 aromatic rings. The summed E-state index contributed by atoms with van der Waals surface area (Å²) < 4.78 is 11.8. The lowest BCUT2D eigenvalue weighted by atomic mass is 10.2. The van der Waals surface area contributed by atoms with E-state index in [1.807, 2.05) is 19.1 Å². The summed E-state index contributed by atoms with van der Waals surface area (Å²) in [6.07, 6.45) is 2.36. The van der Waals surface area contributed by atoms with Gasteiger partial charge in [-0.1, -0.05) is 24.0 Å². The molecule has 124 valence electrons. The summed E-state index contributed by atoms with van der Waals surface area (Å²) in [6.45, 7) is 4.96.